The van der Waals surface area contributed by atoms with Gasteiger partial charge in [-0.15, -0.1) is 0 Å². The van der Waals surface area contributed by atoms with Crippen molar-refractivity contribution in [3.05, 3.63) is 71.1 Å². The van der Waals surface area contributed by atoms with Crippen molar-refractivity contribution in [1.29, 1.82) is 0 Å². The molecule has 0 saturated carbocycles. The SMILES string of the molecule is COc1cc(/C=C2/SC(=S)N(c3cccc4ccccc34)C2=O)ccc1O. The standard InChI is InChI=1S/C21H15NO3S2/c1-25-18-11-13(9-10-17(18)23)12-19-20(24)22(21(26)27-19)16-8-4-6-14-5-2-3-7-15(14)16/h2-12,23H,1H3/b19-12+. The number of ether oxygens (including phenoxy) is 1. The molecule has 0 radical (unpaired) electrons. The zero-order chi connectivity index (χ0) is 19.0. The maximum atomic E-state index is 13.1. The van der Waals surface area contributed by atoms with E-state index in [1.54, 1.807) is 23.1 Å². The van der Waals surface area contributed by atoms with Crippen LogP contribution in [0.5, 0.6) is 11.5 Å². The van der Waals surface area contributed by atoms with E-state index in [0.29, 0.717) is 15.0 Å². The molecule has 0 aromatic heterocycles. The van der Waals surface area contributed by atoms with E-state index in [1.807, 2.05) is 42.5 Å². The summed E-state index contributed by atoms with van der Waals surface area (Å²) in [6, 6.07) is 18.7. The number of phenolic OH excluding ortho intramolecular Hbond substituents is 1. The van der Waals surface area contributed by atoms with Gasteiger partial charge in [0.1, 0.15) is 0 Å². The molecule has 0 spiro atoms. The lowest BCUT2D eigenvalue weighted by molar-refractivity contribution is -0.113. The average molecular weight is 393 g/mol. The molecule has 27 heavy (non-hydrogen) atoms. The summed E-state index contributed by atoms with van der Waals surface area (Å²) in [4.78, 5) is 15.2. The Hall–Kier alpha value is -2.83. The van der Waals surface area contributed by atoms with Crippen molar-refractivity contribution in [2.45, 2.75) is 0 Å². The molecule has 6 heteroatoms. The van der Waals surface area contributed by atoms with Gasteiger partial charge in [-0.3, -0.25) is 9.69 Å². The second kappa shape index (κ2) is 7.06. The second-order valence-electron chi connectivity index (χ2n) is 5.95. The van der Waals surface area contributed by atoms with Crippen molar-refractivity contribution in [3.63, 3.8) is 0 Å². The Kier molecular flexibility index (Phi) is 4.59. The molecule has 4 rings (SSSR count). The van der Waals surface area contributed by atoms with Gasteiger partial charge in [0, 0.05) is 5.39 Å². The first-order valence-corrected chi connectivity index (χ1v) is 9.43. The first kappa shape index (κ1) is 17.6. The fourth-order valence-corrected chi connectivity index (χ4v) is 4.30. The van der Waals surface area contributed by atoms with Crippen LogP contribution in [-0.4, -0.2) is 22.4 Å². The zero-order valence-electron chi connectivity index (χ0n) is 14.4. The largest absolute Gasteiger partial charge is 0.504 e. The molecule has 1 heterocycles. The molecule has 0 unspecified atom stereocenters. The van der Waals surface area contributed by atoms with Crippen molar-refractivity contribution >= 4 is 56.7 Å². The van der Waals surface area contributed by atoms with Gasteiger partial charge in [-0.1, -0.05) is 66.4 Å². The number of fused-ring (bicyclic) bond motifs is 1. The van der Waals surface area contributed by atoms with Gasteiger partial charge in [0.05, 0.1) is 17.7 Å². The number of amides is 1. The summed E-state index contributed by atoms with van der Waals surface area (Å²) in [6.45, 7) is 0. The maximum absolute atomic E-state index is 13.1. The number of hydrogen-bond donors (Lipinski definition) is 1. The quantitative estimate of drug-likeness (QED) is 0.503. The summed E-state index contributed by atoms with van der Waals surface area (Å²) >= 11 is 6.75. The number of aromatic hydroxyl groups is 1. The molecule has 1 saturated heterocycles. The number of phenols is 1. The molecule has 3 aromatic rings. The molecule has 1 N–H and O–H groups in total. The molecule has 0 atom stereocenters. The van der Waals surface area contributed by atoms with E-state index < -0.39 is 0 Å². The number of benzene rings is 3. The summed E-state index contributed by atoms with van der Waals surface area (Å²) < 4.78 is 5.62. The number of thioether (sulfide) groups is 1. The Labute approximate surface area is 166 Å². The molecule has 1 aliphatic heterocycles. The van der Waals surface area contributed by atoms with Gasteiger partial charge >= 0.3 is 0 Å². The van der Waals surface area contributed by atoms with Crippen LogP contribution in [0.3, 0.4) is 0 Å². The maximum Gasteiger partial charge on any atom is 0.270 e. The van der Waals surface area contributed by atoms with Crippen LogP contribution in [0.15, 0.2) is 65.6 Å². The summed E-state index contributed by atoms with van der Waals surface area (Å²) in [6.07, 6.45) is 1.76. The Morgan fingerprint density at radius 1 is 1.11 bits per heavy atom. The minimum atomic E-state index is -0.159. The number of carbonyl (C=O) groups excluding carboxylic acids is 1. The minimum Gasteiger partial charge on any atom is -0.504 e. The first-order chi connectivity index (χ1) is 13.1. The lowest BCUT2D eigenvalue weighted by atomic mass is 10.1. The number of thiocarbonyl (C=S) groups is 1. The van der Waals surface area contributed by atoms with E-state index in [4.69, 9.17) is 17.0 Å². The fraction of sp³-hybridized carbons (Fsp3) is 0.0476. The number of hydrogen-bond acceptors (Lipinski definition) is 5. The van der Waals surface area contributed by atoms with E-state index in [9.17, 15) is 9.90 Å². The van der Waals surface area contributed by atoms with Gasteiger partial charge in [-0.25, -0.2) is 0 Å². The Morgan fingerprint density at radius 2 is 1.89 bits per heavy atom. The molecular weight excluding hydrogens is 378 g/mol. The van der Waals surface area contributed by atoms with E-state index >= 15 is 0 Å². The monoisotopic (exact) mass is 393 g/mol. The van der Waals surface area contributed by atoms with E-state index in [2.05, 4.69) is 0 Å². The third-order valence-electron chi connectivity index (χ3n) is 4.30. The van der Waals surface area contributed by atoms with E-state index in [-0.39, 0.29) is 11.7 Å². The lowest BCUT2D eigenvalue weighted by Crippen LogP contribution is -2.27. The molecule has 134 valence electrons. The van der Waals surface area contributed by atoms with Gasteiger partial charge < -0.3 is 9.84 Å². The number of rotatable bonds is 3. The highest BCUT2D eigenvalue weighted by Gasteiger charge is 2.34. The summed E-state index contributed by atoms with van der Waals surface area (Å²) in [5, 5.41) is 11.8. The Bertz CT molecular complexity index is 1100. The summed E-state index contributed by atoms with van der Waals surface area (Å²) in [5.74, 6) is 0.250. The fourth-order valence-electron chi connectivity index (χ4n) is 3.01. The van der Waals surface area contributed by atoms with Crippen molar-refractivity contribution in [1.82, 2.24) is 0 Å². The highest BCUT2D eigenvalue weighted by atomic mass is 32.2. The predicted octanol–water partition coefficient (Wildman–Crippen LogP) is 4.96. The van der Waals surface area contributed by atoms with Gasteiger partial charge in [0.15, 0.2) is 15.8 Å². The van der Waals surface area contributed by atoms with Crippen LogP contribution < -0.4 is 9.64 Å². The Balaban J connectivity index is 1.74. The van der Waals surface area contributed by atoms with Gasteiger partial charge in [0.25, 0.3) is 5.91 Å². The zero-order valence-corrected chi connectivity index (χ0v) is 16.0. The molecule has 4 nitrogen and oxygen atoms in total. The second-order valence-corrected chi connectivity index (χ2v) is 7.62. The molecule has 1 amide bonds. The summed E-state index contributed by atoms with van der Waals surface area (Å²) in [5.41, 5.74) is 1.53. The molecule has 3 aromatic carbocycles. The van der Waals surface area contributed by atoms with Gasteiger partial charge in [0.2, 0.25) is 0 Å². The topological polar surface area (TPSA) is 49.8 Å². The number of anilines is 1. The van der Waals surface area contributed by atoms with Crippen molar-refractivity contribution < 1.29 is 14.6 Å². The van der Waals surface area contributed by atoms with Crippen LogP contribution in [0, 0.1) is 0 Å². The van der Waals surface area contributed by atoms with Crippen LogP contribution in [0.4, 0.5) is 5.69 Å². The predicted molar refractivity (Wildman–Crippen MR) is 114 cm³/mol. The third kappa shape index (κ3) is 3.18. The van der Waals surface area contributed by atoms with Crippen LogP contribution in [0.25, 0.3) is 16.8 Å². The molecule has 1 fully saturated rings. The van der Waals surface area contributed by atoms with Crippen molar-refractivity contribution in [3.8, 4) is 11.5 Å². The average Bonchev–Trinajstić information content (AvgIpc) is 2.96. The molecular formula is C21H15NO3S2. The number of carbonyl (C=O) groups is 1. The number of nitrogens with zero attached hydrogens (tertiary/aromatic N) is 1. The van der Waals surface area contributed by atoms with Crippen LogP contribution in [0.1, 0.15) is 5.56 Å². The van der Waals surface area contributed by atoms with Crippen LogP contribution in [0.2, 0.25) is 0 Å². The van der Waals surface area contributed by atoms with E-state index in [1.165, 1.54) is 24.9 Å². The van der Waals surface area contributed by atoms with Crippen molar-refractivity contribution in [2.24, 2.45) is 0 Å². The normalized spacial score (nSPS) is 15.7. The lowest BCUT2D eigenvalue weighted by Gasteiger charge is -2.17. The van der Waals surface area contributed by atoms with Crippen molar-refractivity contribution in [2.75, 3.05) is 12.0 Å². The number of methoxy groups -OCH3 is 1. The molecule has 0 aliphatic carbocycles. The van der Waals surface area contributed by atoms with Gasteiger partial charge in [-0.2, -0.15) is 0 Å². The Morgan fingerprint density at radius 3 is 2.70 bits per heavy atom. The molecule has 1 aliphatic rings. The van der Waals surface area contributed by atoms with Crippen LogP contribution >= 0.6 is 24.0 Å². The minimum absolute atomic E-state index is 0.0537. The van der Waals surface area contributed by atoms with Crippen LogP contribution in [-0.2, 0) is 4.79 Å². The van der Waals surface area contributed by atoms with Gasteiger partial charge in [-0.05, 0) is 35.2 Å². The third-order valence-corrected chi connectivity index (χ3v) is 5.60. The first-order valence-electron chi connectivity index (χ1n) is 8.21. The highest BCUT2D eigenvalue weighted by Crippen LogP contribution is 2.39. The van der Waals surface area contributed by atoms with E-state index in [0.717, 1.165) is 22.0 Å². The highest BCUT2D eigenvalue weighted by molar-refractivity contribution is 8.27. The summed E-state index contributed by atoms with van der Waals surface area (Å²) in [7, 11) is 1.48. The smallest absolute Gasteiger partial charge is 0.270 e. The molecule has 0 bridgehead atoms.